The molecule has 0 aromatic heterocycles. The number of hydrogen-bond acceptors (Lipinski definition) is 4. The zero-order valence-electron chi connectivity index (χ0n) is 17.8. The lowest BCUT2D eigenvalue weighted by atomic mass is 9.97. The molecule has 0 saturated carbocycles. The first kappa shape index (κ1) is 22.2. The van der Waals surface area contributed by atoms with Crippen LogP contribution >= 0.6 is 0 Å². The van der Waals surface area contributed by atoms with Gasteiger partial charge in [0.25, 0.3) is 0 Å². The molecule has 2 saturated heterocycles. The van der Waals surface area contributed by atoms with Crippen LogP contribution in [0, 0.1) is 12.8 Å². The fourth-order valence-electron chi connectivity index (χ4n) is 4.36. The Kier molecular flexibility index (Phi) is 7.71. The highest BCUT2D eigenvalue weighted by atomic mass is 32.2. The summed E-state index contributed by atoms with van der Waals surface area (Å²) in [6, 6.07) is 6.80. The van der Waals surface area contributed by atoms with Gasteiger partial charge in [-0.05, 0) is 70.7 Å². The Hall–Kier alpha value is -1.44. The molecule has 2 unspecified atom stereocenters. The number of rotatable bonds is 6. The second-order valence-electron chi connectivity index (χ2n) is 8.58. The SMILES string of the molecule is Cc1ccc(S(=O)(=O)NCC2CCCN(C(=O)C(C)N3CCCCCC3)C2)cc1. The van der Waals surface area contributed by atoms with Crippen LogP contribution in [0.5, 0.6) is 0 Å². The number of sulfonamides is 1. The Balaban J connectivity index is 1.54. The largest absolute Gasteiger partial charge is 0.341 e. The summed E-state index contributed by atoms with van der Waals surface area (Å²) in [5.74, 6) is 0.349. The van der Waals surface area contributed by atoms with Crippen molar-refractivity contribution in [2.75, 3.05) is 32.7 Å². The van der Waals surface area contributed by atoms with Crippen molar-refractivity contribution in [3.63, 3.8) is 0 Å². The predicted octanol–water partition coefficient (Wildman–Crippen LogP) is 2.78. The molecule has 2 heterocycles. The second kappa shape index (κ2) is 10.0. The van der Waals surface area contributed by atoms with Crippen molar-refractivity contribution in [3.8, 4) is 0 Å². The summed E-state index contributed by atoms with van der Waals surface area (Å²) in [5, 5.41) is 0. The lowest BCUT2D eigenvalue weighted by Gasteiger charge is -2.37. The van der Waals surface area contributed by atoms with E-state index >= 15 is 0 Å². The molecule has 3 rings (SSSR count). The number of nitrogens with one attached hydrogen (secondary N) is 1. The highest BCUT2D eigenvalue weighted by molar-refractivity contribution is 7.89. The van der Waals surface area contributed by atoms with Crippen LogP contribution in [0.4, 0.5) is 0 Å². The van der Waals surface area contributed by atoms with Crippen molar-refractivity contribution in [3.05, 3.63) is 29.8 Å². The fraction of sp³-hybridized carbons (Fsp3) is 0.682. The van der Waals surface area contributed by atoms with Gasteiger partial charge < -0.3 is 4.90 Å². The van der Waals surface area contributed by atoms with E-state index < -0.39 is 10.0 Å². The Morgan fingerprint density at radius 3 is 2.38 bits per heavy atom. The normalized spacial score (nSPS) is 22.8. The summed E-state index contributed by atoms with van der Waals surface area (Å²) in [7, 11) is -3.51. The number of likely N-dealkylation sites (tertiary alicyclic amines) is 2. The number of carbonyl (C=O) groups is 1. The third-order valence-corrected chi connectivity index (χ3v) is 7.71. The van der Waals surface area contributed by atoms with E-state index in [1.165, 1.54) is 25.7 Å². The second-order valence-corrected chi connectivity index (χ2v) is 10.4. The first-order valence-corrected chi connectivity index (χ1v) is 12.4. The van der Waals surface area contributed by atoms with Crippen LogP contribution in [0.2, 0.25) is 0 Å². The van der Waals surface area contributed by atoms with Crippen molar-refractivity contribution in [2.45, 2.75) is 63.3 Å². The van der Waals surface area contributed by atoms with Gasteiger partial charge in [0.2, 0.25) is 15.9 Å². The van der Waals surface area contributed by atoms with Crippen molar-refractivity contribution in [1.82, 2.24) is 14.5 Å². The fourth-order valence-corrected chi connectivity index (χ4v) is 5.48. The number of benzene rings is 1. The molecule has 0 radical (unpaired) electrons. The average molecular weight is 422 g/mol. The molecule has 1 N–H and O–H groups in total. The third kappa shape index (κ3) is 6.03. The van der Waals surface area contributed by atoms with Crippen LogP contribution < -0.4 is 4.72 Å². The summed E-state index contributed by atoms with van der Waals surface area (Å²) in [5.41, 5.74) is 1.03. The molecule has 0 aliphatic carbocycles. The number of hydrogen-bond donors (Lipinski definition) is 1. The van der Waals surface area contributed by atoms with Gasteiger partial charge in [-0.2, -0.15) is 0 Å². The van der Waals surface area contributed by atoms with Gasteiger partial charge >= 0.3 is 0 Å². The molecule has 2 aliphatic heterocycles. The lowest BCUT2D eigenvalue weighted by molar-refractivity contribution is -0.138. The van der Waals surface area contributed by atoms with Gasteiger partial charge in [0, 0.05) is 19.6 Å². The summed E-state index contributed by atoms with van der Waals surface area (Å²) in [4.78, 5) is 17.6. The predicted molar refractivity (Wildman–Crippen MR) is 115 cm³/mol. The van der Waals surface area contributed by atoms with Crippen molar-refractivity contribution >= 4 is 15.9 Å². The van der Waals surface area contributed by atoms with Crippen LogP contribution in [0.15, 0.2) is 29.2 Å². The Morgan fingerprint density at radius 2 is 1.72 bits per heavy atom. The van der Waals surface area contributed by atoms with E-state index in [9.17, 15) is 13.2 Å². The van der Waals surface area contributed by atoms with Crippen LogP contribution in [0.25, 0.3) is 0 Å². The first-order valence-electron chi connectivity index (χ1n) is 11.0. The van der Waals surface area contributed by atoms with E-state index in [0.29, 0.717) is 18.0 Å². The van der Waals surface area contributed by atoms with Crippen LogP contribution in [-0.2, 0) is 14.8 Å². The molecular weight excluding hydrogens is 386 g/mol. The molecule has 2 fully saturated rings. The van der Waals surface area contributed by atoms with Gasteiger partial charge in [0.1, 0.15) is 0 Å². The van der Waals surface area contributed by atoms with E-state index in [4.69, 9.17) is 0 Å². The van der Waals surface area contributed by atoms with E-state index in [1.54, 1.807) is 24.3 Å². The Morgan fingerprint density at radius 1 is 1.07 bits per heavy atom. The van der Waals surface area contributed by atoms with E-state index in [2.05, 4.69) is 9.62 Å². The molecule has 2 aliphatic rings. The molecule has 1 aromatic carbocycles. The quantitative estimate of drug-likeness (QED) is 0.767. The summed E-state index contributed by atoms with van der Waals surface area (Å²) in [6.07, 6.45) is 6.71. The molecule has 0 spiro atoms. The summed E-state index contributed by atoms with van der Waals surface area (Å²) >= 11 is 0. The third-order valence-electron chi connectivity index (χ3n) is 6.27. The molecule has 1 amide bonds. The van der Waals surface area contributed by atoms with Crippen molar-refractivity contribution in [1.29, 1.82) is 0 Å². The van der Waals surface area contributed by atoms with E-state index in [0.717, 1.165) is 38.0 Å². The number of amides is 1. The van der Waals surface area contributed by atoms with Gasteiger partial charge in [-0.3, -0.25) is 9.69 Å². The first-order chi connectivity index (χ1) is 13.9. The Bertz CT molecular complexity index is 771. The van der Waals surface area contributed by atoms with Crippen molar-refractivity contribution < 1.29 is 13.2 Å². The molecule has 162 valence electrons. The standard InChI is InChI=1S/C22H35N3O3S/c1-18-9-11-21(12-10-18)29(27,28)23-16-20-8-7-15-25(17-20)22(26)19(2)24-13-5-3-4-6-14-24/h9-12,19-20,23H,3-8,13-17H2,1-2H3. The molecule has 0 bridgehead atoms. The topological polar surface area (TPSA) is 69.7 Å². The van der Waals surface area contributed by atoms with Crippen LogP contribution in [-0.4, -0.2) is 62.9 Å². The number of nitrogens with zero attached hydrogens (tertiary/aromatic N) is 2. The average Bonchev–Trinajstić information content (AvgIpc) is 3.01. The summed E-state index contributed by atoms with van der Waals surface area (Å²) < 4.78 is 27.8. The molecule has 1 aromatic rings. The lowest BCUT2D eigenvalue weighted by Crippen LogP contribution is -2.51. The number of aryl methyl sites for hydroxylation is 1. The molecular formula is C22H35N3O3S. The van der Waals surface area contributed by atoms with E-state index in [1.807, 2.05) is 18.7 Å². The van der Waals surface area contributed by atoms with Crippen LogP contribution in [0.3, 0.4) is 0 Å². The van der Waals surface area contributed by atoms with Crippen molar-refractivity contribution in [2.24, 2.45) is 5.92 Å². The summed E-state index contributed by atoms with van der Waals surface area (Å²) in [6.45, 7) is 7.74. The van der Waals surface area contributed by atoms with Gasteiger partial charge in [-0.1, -0.05) is 30.5 Å². The maximum Gasteiger partial charge on any atom is 0.240 e. The zero-order chi connectivity index (χ0) is 20.9. The molecule has 6 nitrogen and oxygen atoms in total. The monoisotopic (exact) mass is 421 g/mol. The minimum absolute atomic E-state index is 0.0869. The minimum atomic E-state index is -3.51. The zero-order valence-corrected chi connectivity index (χ0v) is 18.6. The number of piperidine rings is 1. The maximum absolute atomic E-state index is 13.1. The maximum atomic E-state index is 13.1. The highest BCUT2D eigenvalue weighted by Crippen LogP contribution is 2.20. The van der Waals surface area contributed by atoms with Gasteiger partial charge in [-0.15, -0.1) is 0 Å². The molecule has 7 heteroatoms. The van der Waals surface area contributed by atoms with Gasteiger partial charge in [0.05, 0.1) is 10.9 Å². The van der Waals surface area contributed by atoms with Gasteiger partial charge in [-0.25, -0.2) is 13.1 Å². The number of carbonyl (C=O) groups excluding carboxylic acids is 1. The highest BCUT2D eigenvalue weighted by Gasteiger charge is 2.30. The Labute approximate surface area is 175 Å². The smallest absolute Gasteiger partial charge is 0.240 e. The molecule has 2 atom stereocenters. The minimum Gasteiger partial charge on any atom is -0.341 e. The van der Waals surface area contributed by atoms with Crippen LogP contribution in [0.1, 0.15) is 51.0 Å². The van der Waals surface area contributed by atoms with Gasteiger partial charge in [0.15, 0.2) is 0 Å². The molecule has 29 heavy (non-hydrogen) atoms. The van der Waals surface area contributed by atoms with E-state index in [-0.39, 0.29) is 17.9 Å².